The van der Waals surface area contributed by atoms with Gasteiger partial charge in [-0.05, 0) is 62.6 Å². The van der Waals surface area contributed by atoms with Crippen LogP contribution in [0.15, 0.2) is 108 Å². The van der Waals surface area contributed by atoms with Crippen LogP contribution in [0.25, 0.3) is 0 Å². The molecular formula is C36H41N3O4S. The first kappa shape index (κ1) is 32.5. The summed E-state index contributed by atoms with van der Waals surface area (Å²) in [4.78, 5) is 29.8. The van der Waals surface area contributed by atoms with Crippen LogP contribution in [0.3, 0.4) is 0 Å². The number of carbonyl (C=O) groups excluding carboxylic acids is 2. The molecule has 0 bridgehead atoms. The Morgan fingerprint density at radius 1 is 0.750 bits per heavy atom. The standard InChI is InChI=1S/C36H41N3O4S/c1-5-22-37-36(41)34(24-30-11-7-6-8-12-30)38(25-31-13-9-10-29(4)23-31)35(40)26-39(32-18-14-27(2)15-19-32)44(42,43)33-20-16-28(3)17-21-33/h6-21,23,34H,5,22,24-26H2,1-4H3,(H,37,41). The number of sulfonamides is 1. The van der Waals surface area contributed by atoms with Crippen molar-refractivity contribution in [2.45, 2.75) is 58.0 Å². The van der Waals surface area contributed by atoms with Crippen LogP contribution in [0.4, 0.5) is 5.69 Å². The molecule has 44 heavy (non-hydrogen) atoms. The predicted molar refractivity (Wildman–Crippen MR) is 176 cm³/mol. The molecule has 0 aromatic heterocycles. The van der Waals surface area contributed by atoms with Gasteiger partial charge in [-0.2, -0.15) is 0 Å². The highest BCUT2D eigenvalue weighted by Gasteiger charge is 2.34. The molecule has 0 spiro atoms. The van der Waals surface area contributed by atoms with Gasteiger partial charge in [0.25, 0.3) is 10.0 Å². The van der Waals surface area contributed by atoms with Crippen molar-refractivity contribution in [3.05, 3.63) is 131 Å². The molecule has 0 aliphatic heterocycles. The van der Waals surface area contributed by atoms with Gasteiger partial charge in [-0.25, -0.2) is 8.42 Å². The third-order valence-corrected chi connectivity index (χ3v) is 9.25. The second kappa shape index (κ2) is 14.8. The van der Waals surface area contributed by atoms with Crippen LogP contribution in [-0.4, -0.2) is 44.3 Å². The maximum absolute atomic E-state index is 14.5. The average Bonchev–Trinajstić information content (AvgIpc) is 3.01. The fourth-order valence-electron chi connectivity index (χ4n) is 5.00. The number of hydrogen-bond acceptors (Lipinski definition) is 4. The number of rotatable bonds is 13. The lowest BCUT2D eigenvalue weighted by atomic mass is 10.0. The number of hydrogen-bond donors (Lipinski definition) is 1. The van der Waals surface area contributed by atoms with Crippen molar-refractivity contribution in [1.82, 2.24) is 10.2 Å². The molecule has 0 radical (unpaired) electrons. The fourth-order valence-corrected chi connectivity index (χ4v) is 6.42. The van der Waals surface area contributed by atoms with Crippen LogP contribution in [0.2, 0.25) is 0 Å². The van der Waals surface area contributed by atoms with E-state index in [1.54, 1.807) is 36.4 Å². The lowest BCUT2D eigenvalue weighted by Gasteiger charge is -2.34. The maximum Gasteiger partial charge on any atom is 0.264 e. The second-order valence-corrected chi connectivity index (χ2v) is 13.0. The Hall–Kier alpha value is -4.43. The van der Waals surface area contributed by atoms with E-state index in [-0.39, 0.29) is 23.8 Å². The molecule has 0 saturated carbocycles. The normalized spacial score (nSPS) is 11.9. The van der Waals surface area contributed by atoms with E-state index in [4.69, 9.17) is 0 Å². The van der Waals surface area contributed by atoms with E-state index in [0.29, 0.717) is 12.2 Å². The molecule has 0 heterocycles. The lowest BCUT2D eigenvalue weighted by Crippen LogP contribution is -2.53. The Morgan fingerprint density at radius 3 is 1.98 bits per heavy atom. The monoisotopic (exact) mass is 611 g/mol. The minimum absolute atomic E-state index is 0.0863. The summed E-state index contributed by atoms with van der Waals surface area (Å²) in [6, 6.07) is 30.1. The van der Waals surface area contributed by atoms with Gasteiger partial charge >= 0.3 is 0 Å². The van der Waals surface area contributed by atoms with E-state index in [0.717, 1.165) is 38.5 Å². The number of nitrogens with zero attached hydrogens (tertiary/aromatic N) is 2. The summed E-state index contributed by atoms with van der Waals surface area (Å²) >= 11 is 0. The molecule has 8 heteroatoms. The largest absolute Gasteiger partial charge is 0.354 e. The molecule has 0 aliphatic carbocycles. The van der Waals surface area contributed by atoms with Gasteiger partial charge in [0, 0.05) is 19.5 Å². The van der Waals surface area contributed by atoms with Crippen LogP contribution in [-0.2, 0) is 32.6 Å². The third kappa shape index (κ3) is 8.35. The zero-order valence-electron chi connectivity index (χ0n) is 25.9. The van der Waals surface area contributed by atoms with Gasteiger partial charge in [0.2, 0.25) is 11.8 Å². The first-order chi connectivity index (χ1) is 21.1. The summed E-state index contributed by atoms with van der Waals surface area (Å²) in [7, 11) is -4.13. The number of amides is 2. The molecule has 4 rings (SSSR count). The molecule has 1 atom stereocenters. The van der Waals surface area contributed by atoms with E-state index >= 15 is 0 Å². The lowest BCUT2D eigenvalue weighted by molar-refractivity contribution is -0.140. The van der Waals surface area contributed by atoms with Gasteiger partial charge in [0.1, 0.15) is 12.6 Å². The van der Waals surface area contributed by atoms with E-state index < -0.39 is 28.5 Å². The van der Waals surface area contributed by atoms with Crippen molar-refractivity contribution >= 4 is 27.5 Å². The average molecular weight is 612 g/mol. The quantitative estimate of drug-likeness (QED) is 0.202. The van der Waals surface area contributed by atoms with E-state index in [2.05, 4.69) is 5.32 Å². The third-order valence-electron chi connectivity index (χ3n) is 7.47. The molecule has 1 unspecified atom stereocenters. The van der Waals surface area contributed by atoms with Crippen molar-refractivity contribution < 1.29 is 18.0 Å². The molecule has 2 amide bonds. The Morgan fingerprint density at radius 2 is 1.36 bits per heavy atom. The molecule has 7 nitrogen and oxygen atoms in total. The van der Waals surface area contributed by atoms with Crippen molar-refractivity contribution in [2.75, 3.05) is 17.4 Å². The van der Waals surface area contributed by atoms with Crippen LogP contribution in [0.1, 0.15) is 41.2 Å². The summed E-state index contributed by atoms with van der Waals surface area (Å²) in [5.74, 6) is -0.754. The predicted octanol–water partition coefficient (Wildman–Crippen LogP) is 5.97. The number of benzene rings is 4. The van der Waals surface area contributed by atoms with Gasteiger partial charge in [0.05, 0.1) is 10.6 Å². The van der Waals surface area contributed by atoms with E-state index in [1.165, 1.54) is 4.90 Å². The van der Waals surface area contributed by atoms with Gasteiger partial charge < -0.3 is 10.2 Å². The van der Waals surface area contributed by atoms with E-state index in [9.17, 15) is 18.0 Å². The number of aryl methyl sites for hydroxylation is 3. The fraction of sp³-hybridized carbons (Fsp3) is 0.278. The Kier molecular flexibility index (Phi) is 11.0. The van der Waals surface area contributed by atoms with Crippen molar-refractivity contribution in [3.63, 3.8) is 0 Å². The van der Waals surface area contributed by atoms with Gasteiger partial charge in [-0.3, -0.25) is 13.9 Å². The Labute approximate surface area is 261 Å². The minimum atomic E-state index is -4.13. The Balaban J connectivity index is 1.79. The number of anilines is 1. The molecule has 230 valence electrons. The zero-order valence-corrected chi connectivity index (χ0v) is 26.7. The molecule has 0 fully saturated rings. The minimum Gasteiger partial charge on any atom is -0.354 e. The SMILES string of the molecule is CCCNC(=O)C(Cc1ccccc1)N(Cc1cccc(C)c1)C(=O)CN(c1ccc(C)cc1)S(=O)(=O)c1ccc(C)cc1. The molecule has 0 saturated heterocycles. The highest BCUT2D eigenvalue weighted by atomic mass is 32.2. The summed E-state index contributed by atoms with van der Waals surface area (Å²) in [6.45, 7) is 7.88. The van der Waals surface area contributed by atoms with Crippen LogP contribution in [0.5, 0.6) is 0 Å². The first-order valence-electron chi connectivity index (χ1n) is 14.9. The zero-order chi connectivity index (χ0) is 31.7. The number of nitrogens with one attached hydrogen (secondary N) is 1. The molecule has 1 N–H and O–H groups in total. The van der Waals surface area contributed by atoms with Crippen molar-refractivity contribution in [2.24, 2.45) is 0 Å². The van der Waals surface area contributed by atoms with Crippen molar-refractivity contribution in [1.29, 1.82) is 0 Å². The summed E-state index contributed by atoms with van der Waals surface area (Å²) < 4.78 is 29.3. The van der Waals surface area contributed by atoms with E-state index in [1.807, 2.05) is 94.4 Å². The Bertz CT molecular complexity index is 1650. The van der Waals surface area contributed by atoms with Gasteiger partial charge in [-0.1, -0.05) is 102 Å². The maximum atomic E-state index is 14.5. The summed E-state index contributed by atoms with van der Waals surface area (Å²) in [6.07, 6.45) is 1.02. The molecule has 4 aromatic carbocycles. The smallest absolute Gasteiger partial charge is 0.264 e. The van der Waals surface area contributed by atoms with Crippen LogP contribution < -0.4 is 9.62 Å². The number of carbonyl (C=O) groups is 2. The van der Waals surface area contributed by atoms with Gasteiger partial charge in [-0.15, -0.1) is 0 Å². The second-order valence-electron chi connectivity index (χ2n) is 11.2. The van der Waals surface area contributed by atoms with Crippen LogP contribution >= 0.6 is 0 Å². The van der Waals surface area contributed by atoms with Gasteiger partial charge in [0.15, 0.2) is 0 Å². The van der Waals surface area contributed by atoms with Crippen LogP contribution in [0, 0.1) is 20.8 Å². The highest BCUT2D eigenvalue weighted by molar-refractivity contribution is 7.92. The highest BCUT2D eigenvalue weighted by Crippen LogP contribution is 2.26. The molecular weight excluding hydrogens is 570 g/mol. The first-order valence-corrected chi connectivity index (χ1v) is 16.3. The topological polar surface area (TPSA) is 86.8 Å². The molecule has 0 aliphatic rings. The molecule has 4 aromatic rings. The van der Waals surface area contributed by atoms with Crippen molar-refractivity contribution in [3.8, 4) is 0 Å². The summed E-state index contributed by atoms with van der Waals surface area (Å²) in [5, 5.41) is 2.97. The summed E-state index contributed by atoms with van der Waals surface area (Å²) in [5.41, 5.74) is 5.03.